The fraction of sp³-hybridized carbons (Fsp3) is 0.281. The third-order valence-electron chi connectivity index (χ3n) is 7.02. The predicted octanol–water partition coefficient (Wildman–Crippen LogP) is 4.94. The molecule has 0 aromatic heterocycles. The van der Waals surface area contributed by atoms with Crippen molar-refractivity contribution in [3.8, 4) is 5.75 Å². The van der Waals surface area contributed by atoms with Gasteiger partial charge in [0.25, 0.3) is 5.91 Å². The lowest BCUT2D eigenvalue weighted by molar-refractivity contribution is -0.125. The quantitative estimate of drug-likeness (QED) is 0.332. The van der Waals surface area contributed by atoms with Gasteiger partial charge in [0, 0.05) is 30.3 Å². The SMILES string of the molecule is CC[C@H](SC1=Nc2ccccc2C2=N[C@@H](CCC(=O)NCCc3ccccc3)C(=O)N12)C(=O)Nc1cccc(OC)c1. The predicted molar refractivity (Wildman–Crippen MR) is 166 cm³/mol. The fourth-order valence-corrected chi connectivity index (χ4v) is 5.81. The number of anilines is 1. The Kier molecular flexibility index (Phi) is 9.33. The minimum atomic E-state index is -0.706. The molecule has 216 valence electrons. The summed E-state index contributed by atoms with van der Waals surface area (Å²) in [6.07, 6.45) is 1.71. The molecule has 2 aliphatic heterocycles. The van der Waals surface area contributed by atoms with E-state index in [0.717, 1.165) is 17.5 Å². The molecule has 0 fully saturated rings. The van der Waals surface area contributed by atoms with Crippen LogP contribution in [0, 0.1) is 0 Å². The van der Waals surface area contributed by atoms with Crippen molar-refractivity contribution in [2.45, 2.75) is 43.9 Å². The number of carbonyl (C=O) groups is 3. The number of methoxy groups -OCH3 is 1. The molecule has 3 aromatic rings. The van der Waals surface area contributed by atoms with Crippen LogP contribution >= 0.6 is 11.8 Å². The molecule has 2 N–H and O–H groups in total. The molecular weight excluding hydrogens is 550 g/mol. The minimum Gasteiger partial charge on any atom is -0.497 e. The van der Waals surface area contributed by atoms with E-state index in [4.69, 9.17) is 14.7 Å². The van der Waals surface area contributed by atoms with E-state index >= 15 is 0 Å². The van der Waals surface area contributed by atoms with Crippen molar-refractivity contribution in [1.82, 2.24) is 10.2 Å². The van der Waals surface area contributed by atoms with Gasteiger partial charge in [-0.2, -0.15) is 0 Å². The van der Waals surface area contributed by atoms with E-state index in [-0.39, 0.29) is 30.6 Å². The van der Waals surface area contributed by atoms with Gasteiger partial charge >= 0.3 is 0 Å². The van der Waals surface area contributed by atoms with Crippen molar-refractivity contribution >= 4 is 51.9 Å². The highest BCUT2D eigenvalue weighted by Gasteiger charge is 2.42. The third kappa shape index (κ3) is 6.71. The van der Waals surface area contributed by atoms with Crippen LogP contribution in [0.1, 0.15) is 37.3 Å². The van der Waals surface area contributed by atoms with Crippen LogP contribution in [-0.2, 0) is 20.8 Å². The molecule has 0 radical (unpaired) electrons. The van der Waals surface area contributed by atoms with Gasteiger partial charge in [-0.3, -0.25) is 19.4 Å². The number of nitrogens with one attached hydrogen (secondary N) is 2. The van der Waals surface area contributed by atoms with Gasteiger partial charge in [0.1, 0.15) is 17.6 Å². The van der Waals surface area contributed by atoms with Gasteiger partial charge in [0.15, 0.2) is 5.17 Å². The molecule has 2 heterocycles. The van der Waals surface area contributed by atoms with Gasteiger partial charge in [0.2, 0.25) is 11.8 Å². The number of fused-ring (bicyclic) bond motifs is 3. The lowest BCUT2D eigenvalue weighted by atomic mass is 10.1. The number of amides is 3. The maximum atomic E-state index is 13.6. The Morgan fingerprint density at radius 2 is 1.83 bits per heavy atom. The Morgan fingerprint density at radius 3 is 2.62 bits per heavy atom. The summed E-state index contributed by atoms with van der Waals surface area (Å²) >= 11 is 1.23. The van der Waals surface area contributed by atoms with Crippen LogP contribution in [0.2, 0.25) is 0 Å². The second-order valence-electron chi connectivity index (χ2n) is 9.91. The lowest BCUT2D eigenvalue weighted by Gasteiger charge is -2.27. The van der Waals surface area contributed by atoms with Gasteiger partial charge in [-0.25, -0.2) is 9.89 Å². The van der Waals surface area contributed by atoms with Crippen molar-refractivity contribution in [3.05, 3.63) is 90.0 Å². The van der Waals surface area contributed by atoms with Crippen LogP contribution in [-0.4, -0.2) is 58.6 Å². The molecule has 3 aromatic carbocycles. The van der Waals surface area contributed by atoms with E-state index in [1.54, 1.807) is 31.4 Å². The first-order chi connectivity index (χ1) is 20.5. The van der Waals surface area contributed by atoms with E-state index in [1.165, 1.54) is 16.7 Å². The lowest BCUT2D eigenvalue weighted by Crippen LogP contribution is -2.42. The number of thioether (sulfide) groups is 1. The summed E-state index contributed by atoms with van der Waals surface area (Å²) in [5.74, 6) is 0.580. The summed E-state index contributed by atoms with van der Waals surface area (Å²) in [4.78, 5) is 50.5. The molecule has 3 amide bonds. The zero-order valence-corrected chi connectivity index (χ0v) is 24.4. The number of benzene rings is 3. The first kappa shape index (κ1) is 29.1. The molecule has 9 nitrogen and oxygen atoms in total. The molecular formula is C32H33N5O4S. The number of ether oxygens (including phenoxy) is 1. The molecule has 0 spiro atoms. The third-order valence-corrected chi connectivity index (χ3v) is 8.34. The molecule has 0 unspecified atom stereocenters. The number of aliphatic imine (C=N–C) groups is 2. The molecule has 42 heavy (non-hydrogen) atoms. The van der Waals surface area contributed by atoms with E-state index < -0.39 is 11.3 Å². The van der Waals surface area contributed by atoms with Crippen LogP contribution in [0.15, 0.2) is 88.8 Å². The topological polar surface area (TPSA) is 112 Å². The van der Waals surface area contributed by atoms with Crippen LogP contribution < -0.4 is 15.4 Å². The molecule has 0 saturated carbocycles. The first-order valence-electron chi connectivity index (χ1n) is 14.0. The first-order valence-corrected chi connectivity index (χ1v) is 14.9. The maximum absolute atomic E-state index is 13.6. The van der Waals surface area contributed by atoms with Crippen LogP contribution in [0.4, 0.5) is 11.4 Å². The van der Waals surface area contributed by atoms with E-state index in [2.05, 4.69) is 10.6 Å². The zero-order chi connectivity index (χ0) is 29.5. The standard InChI is InChI=1S/C32H33N5O4S/c1-3-27(30(39)34-22-12-9-13-23(20-22)41-2)42-32-36-25-15-8-7-14-24(25)29-35-26(31(40)37(29)32)16-17-28(38)33-19-18-21-10-5-4-6-11-21/h4-15,20,26-27H,3,16-19H2,1-2H3,(H,33,38)(H,34,39)/t26-,27-/m0/s1. The number of amidine groups is 2. The van der Waals surface area contributed by atoms with Gasteiger partial charge in [-0.15, -0.1) is 0 Å². The van der Waals surface area contributed by atoms with Crippen molar-refractivity contribution in [3.63, 3.8) is 0 Å². The monoisotopic (exact) mass is 583 g/mol. The van der Waals surface area contributed by atoms with E-state index in [9.17, 15) is 14.4 Å². The molecule has 2 atom stereocenters. The van der Waals surface area contributed by atoms with E-state index in [0.29, 0.717) is 41.1 Å². The summed E-state index contributed by atoms with van der Waals surface area (Å²) in [5.41, 5.74) is 3.21. The summed E-state index contributed by atoms with van der Waals surface area (Å²) in [6, 6.07) is 23.9. The van der Waals surface area contributed by atoms with E-state index in [1.807, 2.05) is 61.5 Å². The normalized spacial score (nSPS) is 16.1. The summed E-state index contributed by atoms with van der Waals surface area (Å²) in [7, 11) is 1.57. The average Bonchev–Trinajstić information content (AvgIpc) is 3.35. The number of para-hydroxylation sites is 1. The largest absolute Gasteiger partial charge is 0.497 e. The number of hydrogen-bond acceptors (Lipinski definition) is 7. The molecule has 0 bridgehead atoms. The Hall–Kier alpha value is -4.44. The Balaban J connectivity index is 1.26. The number of rotatable bonds is 11. The fourth-order valence-electron chi connectivity index (χ4n) is 4.79. The van der Waals surface area contributed by atoms with Crippen molar-refractivity contribution < 1.29 is 19.1 Å². The number of hydrogen-bond donors (Lipinski definition) is 2. The highest BCUT2D eigenvalue weighted by molar-refractivity contribution is 8.15. The Morgan fingerprint density at radius 1 is 1.05 bits per heavy atom. The maximum Gasteiger partial charge on any atom is 0.259 e. The number of carbonyl (C=O) groups excluding carboxylic acids is 3. The van der Waals surface area contributed by atoms with Crippen LogP contribution in [0.25, 0.3) is 0 Å². The summed E-state index contributed by atoms with van der Waals surface area (Å²) < 4.78 is 5.26. The minimum absolute atomic E-state index is 0.118. The second kappa shape index (κ2) is 13.5. The molecule has 0 aliphatic carbocycles. The highest BCUT2D eigenvalue weighted by atomic mass is 32.2. The average molecular weight is 584 g/mol. The molecule has 5 rings (SSSR count). The van der Waals surface area contributed by atoms with Crippen molar-refractivity contribution in [1.29, 1.82) is 0 Å². The van der Waals surface area contributed by atoms with Gasteiger partial charge < -0.3 is 15.4 Å². The Bertz CT molecular complexity index is 1520. The number of nitrogens with zero attached hydrogens (tertiary/aromatic N) is 3. The second-order valence-corrected chi connectivity index (χ2v) is 11.1. The Labute approximate surface area is 249 Å². The summed E-state index contributed by atoms with van der Waals surface area (Å²) in [6.45, 7) is 2.44. The van der Waals surface area contributed by atoms with Crippen molar-refractivity contribution in [2.24, 2.45) is 9.98 Å². The van der Waals surface area contributed by atoms with Crippen LogP contribution in [0.5, 0.6) is 5.75 Å². The van der Waals surface area contributed by atoms with Gasteiger partial charge in [-0.05, 0) is 49.1 Å². The molecule has 10 heteroatoms. The van der Waals surface area contributed by atoms with Gasteiger partial charge in [0.05, 0.1) is 18.0 Å². The molecule has 2 aliphatic rings. The molecule has 0 saturated heterocycles. The smallest absolute Gasteiger partial charge is 0.259 e. The van der Waals surface area contributed by atoms with Gasteiger partial charge in [-0.1, -0.05) is 67.2 Å². The van der Waals surface area contributed by atoms with Crippen molar-refractivity contribution in [2.75, 3.05) is 19.0 Å². The van der Waals surface area contributed by atoms with Crippen LogP contribution in [0.3, 0.4) is 0 Å². The zero-order valence-electron chi connectivity index (χ0n) is 23.6. The highest BCUT2D eigenvalue weighted by Crippen LogP contribution is 2.36. The summed E-state index contributed by atoms with van der Waals surface area (Å²) in [5, 5.41) is 5.77.